The molecule has 0 unspecified atom stereocenters. The molecule has 0 atom stereocenters. The van der Waals surface area contributed by atoms with Crippen LogP contribution in [0.5, 0.6) is 5.75 Å². The van der Waals surface area contributed by atoms with Crippen LogP contribution < -0.4 is 10.3 Å². The number of alkyl halides is 5. The molecule has 15 heavy (non-hydrogen) atoms. The average molecular weight is 229 g/mol. The quantitative estimate of drug-likeness (QED) is 0.790. The first-order valence-corrected chi connectivity index (χ1v) is 3.57. The third-order valence-electron chi connectivity index (χ3n) is 1.35. The minimum atomic E-state index is -5.08. The Morgan fingerprint density at radius 1 is 1.27 bits per heavy atom. The lowest BCUT2D eigenvalue weighted by Crippen LogP contribution is -2.20. The van der Waals surface area contributed by atoms with Crippen molar-refractivity contribution >= 4 is 0 Å². The number of halogens is 5. The summed E-state index contributed by atoms with van der Waals surface area (Å²) in [5, 5.41) is 0. The molecule has 0 aliphatic heterocycles. The van der Waals surface area contributed by atoms with Crippen LogP contribution in [-0.2, 0) is 0 Å². The normalized spacial score (nSPS) is 11.9. The SMILES string of the molecule is O=c1ccc(OC(F)(F)F)c(C(F)F)[nH]1. The van der Waals surface area contributed by atoms with Gasteiger partial charge < -0.3 is 9.72 Å². The molecular weight excluding hydrogens is 225 g/mol. The maximum Gasteiger partial charge on any atom is 0.573 e. The van der Waals surface area contributed by atoms with Crippen LogP contribution in [0.15, 0.2) is 16.9 Å². The van der Waals surface area contributed by atoms with Crippen molar-refractivity contribution in [1.82, 2.24) is 4.98 Å². The van der Waals surface area contributed by atoms with Gasteiger partial charge in [0.05, 0.1) is 0 Å². The van der Waals surface area contributed by atoms with Gasteiger partial charge in [0.15, 0.2) is 5.75 Å². The van der Waals surface area contributed by atoms with Crippen molar-refractivity contribution < 1.29 is 26.7 Å². The lowest BCUT2D eigenvalue weighted by atomic mass is 10.3. The zero-order valence-corrected chi connectivity index (χ0v) is 6.94. The predicted octanol–water partition coefficient (Wildman–Crippen LogP) is 2.21. The minimum absolute atomic E-state index is 0.536. The molecule has 0 fully saturated rings. The number of hydrogen-bond acceptors (Lipinski definition) is 2. The first-order valence-electron chi connectivity index (χ1n) is 3.57. The lowest BCUT2D eigenvalue weighted by Gasteiger charge is -2.11. The standard InChI is InChI=1S/C7H4F5NO2/c8-6(9)5-3(15-7(10,11)12)1-2-4(14)13-5/h1-2,6H,(H,13,14). The van der Waals surface area contributed by atoms with E-state index in [1.165, 1.54) is 0 Å². The molecule has 0 aliphatic rings. The minimum Gasteiger partial charge on any atom is -0.404 e. The van der Waals surface area contributed by atoms with Gasteiger partial charge in [0.1, 0.15) is 5.69 Å². The fourth-order valence-corrected chi connectivity index (χ4v) is 0.853. The monoisotopic (exact) mass is 229 g/mol. The largest absolute Gasteiger partial charge is 0.573 e. The van der Waals surface area contributed by atoms with E-state index in [9.17, 15) is 26.7 Å². The molecular formula is C7H4F5NO2. The van der Waals surface area contributed by atoms with Crippen molar-refractivity contribution in [2.45, 2.75) is 12.8 Å². The van der Waals surface area contributed by atoms with E-state index in [0.717, 1.165) is 0 Å². The third kappa shape index (κ3) is 3.22. The van der Waals surface area contributed by atoms with Crippen LogP contribution in [0.2, 0.25) is 0 Å². The number of ether oxygens (including phenoxy) is 1. The van der Waals surface area contributed by atoms with Gasteiger partial charge in [-0.05, 0) is 6.07 Å². The third-order valence-corrected chi connectivity index (χ3v) is 1.35. The van der Waals surface area contributed by atoms with E-state index in [1.54, 1.807) is 4.98 Å². The molecule has 84 valence electrons. The summed E-state index contributed by atoms with van der Waals surface area (Å²) < 4.78 is 62.8. The summed E-state index contributed by atoms with van der Waals surface area (Å²) in [5.41, 5.74) is -2.13. The van der Waals surface area contributed by atoms with Gasteiger partial charge in [0.25, 0.3) is 6.43 Å². The molecule has 0 bridgehead atoms. The summed E-state index contributed by atoms with van der Waals surface area (Å²) in [7, 11) is 0. The van der Waals surface area contributed by atoms with E-state index < -0.39 is 29.8 Å². The second kappa shape index (κ2) is 3.87. The van der Waals surface area contributed by atoms with Gasteiger partial charge in [-0.2, -0.15) is 0 Å². The Labute approximate surface area is 79.5 Å². The Balaban J connectivity index is 3.12. The van der Waals surface area contributed by atoms with Crippen LogP contribution in [0.1, 0.15) is 12.1 Å². The van der Waals surface area contributed by atoms with Gasteiger partial charge >= 0.3 is 6.36 Å². The number of pyridine rings is 1. The molecule has 8 heteroatoms. The van der Waals surface area contributed by atoms with Crippen LogP contribution in [0.25, 0.3) is 0 Å². The van der Waals surface area contributed by atoms with E-state index in [4.69, 9.17) is 0 Å². The highest BCUT2D eigenvalue weighted by molar-refractivity contribution is 5.27. The second-order valence-electron chi connectivity index (χ2n) is 2.45. The van der Waals surface area contributed by atoms with Crippen molar-refractivity contribution in [3.63, 3.8) is 0 Å². The Hall–Kier alpha value is -1.60. The smallest absolute Gasteiger partial charge is 0.404 e. The summed E-state index contributed by atoms with van der Waals surface area (Å²) in [6, 6.07) is 1.20. The summed E-state index contributed by atoms with van der Waals surface area (Å²) >= 11 is 0. The van der Waals surface area contributed by atoms with Crippen molar-refractivity contribution in [2.75, 3.05) is 0 Å². The molecule has 0 aliphatic carbocycles. The topological polar surface area (TPSA) is 42.1 Å². The highest BCUT2D eigenvalue weighted by Crippen LogP contribution is 2.29. The first-order chi connectivity index (χ1) is 6.79. The van der Waals surface area contributed by atoms with Gasteiger partial charge in [-0.3, -0.25) is 4.79 Å². The molecule has 1 rings (SSSR count). The maximum absolute atomic E-state index is 12.2. The first kappa shape index (κ1) is 11.5. The highest BCUT2D eigenvalue weighted by atomic mass is 19.4. The van der Waals surface area contributed by atoms with Gasteiger partial charge in [0, 0.05) is 6.07 Å². The second-order valence-corrected chi connectivity index (χ2v) is 2.45. The van der Waals surface area contributed by atoms with Gasteiger partial charge in [-0.1, -0.05) is 0 Å². The summed E-state index contributed by atoms with van der Waals surface area (Å²) in [6.45, 7) is 0. The number of hydrogen-bond donors (Lipinski definition) is 1. The molecule has 1 aromatic heterocycles. The Kier molecular flexibility index (Phi) is 2.96. The zero-order valence-electron chi connectivity index (χ0n) is 6.94. The molecule has 1 heterocycles. The van der Waals surface area contributed by atoms with E-state index in [-0.39, 0.29) is 0 Å². The highest BCUT2D eigenvalue weighted by Gasteiger charge is 2.33. The van der Waals surface area contributed by atoms with E-state index in [1.807, 2.05) is 0 Å². The average Bonchev–Trinajstić information content (AvgIpc) is 2.05. The Morgan fingerprint density at radius 3 is 2.33 bits per heavy atom. The van der Waals surface area contributed by atoms with Gasteiger partial charge in [-0.25, -0.2) is 8.78 Å². The zero-order chi connectivity index (χ0) is 11.6. The molecule has 1 aromatic rings. The van der Waals surface area contributed by atoms with E-state index in [0.29, 0.717) is 12.1 Å². The molecule has 0 saturated heterocycles. The maximum atomic E-state index is 12.2. The van der Waals surface area contributed by atoms with E-state index in [2.05, 4.69) is 4.74 Å². The van der Waals surface area contributed by atoms with Crippen molar-refractivity contribution in [3.8, 4) is 5.75 Å². The molecule has 0 saturated carbocycles. The molecule has 1 N–H and O–H groups in total. The van der Waals surface area contributed by atoms with Crippen LogP contribution in [-0.4, -0.2) is 11.3 Å². The fraction of sp³-hybridized carbons (Fsp3) is 0.286. The van der Waals surface area contributed by atoms with Gasteiger partial charge in [0.2, 0.25) is 5.56 Å². The fourth-order valence-electron chi connectivity index (χ4n) is 0.853. The number of nitrogens with one attached hydrogen (secondary N) is 1. The van der Waals surface area contributed by atoms with Gasteiger partial charge in [-0.15, -0.1) is 13.2 Å². The number of H-pyrrole nitrogens is 1. The van der Waals surface area contributed by atoms with Crippen molar-refractivity contribution in [1.29, 1.82) is 0 Å². The van der Waals surface area contributed by atoms with Crippen molar-refractivity contribution in [2.24, 2.45) is 0 Å². The van der Waals surface area contributed by atoms with Crippen molar-refractivity contribution in [3.05, 3.63) is 28.2 Å². The molecule has 0 radical (unpaired) electrons. The number of rotatable bonds is 2. The summed E-state index contributed by atoms with van der Waals surface area (Å²) in [6.07, 6.45) is -8.33. The molecule has 0 amide bonds. The molecule has 3 nitrogen and oxygen atoms in total. The number of aromatic amines is 1. The summed E-state index contributed by atoms with van der Waals surface area (Å²) in [4.78, 5) is 12.2. The summed E-state index contributed by atoms with van der Waals surface area (Å²) in [5.74, 6) is -1.11. The van der Waals surface area contributed by atoms with Crippen LogP contribution in [0, 0.1) is 0 Å². The van der Waals surface area contributed by atoms with Crippen LogP contribution in [0.3, 0.4) is 0 Å². The van der Waals surface area contributed by atoms with Crippen LogP contribution in [0.4, 0.5) is 22.0 Å². The molecule has 0 aromatic carbocycles. The van der Waals surface area contributed by atoms with E-state index >= 15 is 0 Å². The number of aromatic nitrogens is 1. The lowest BCUT2D eigenvalue weighted by molar-refractivity contribution is -0.275. The predicted molar refractivity (Wildman–Crippen MR) is 38.7 cm³/mol. The Bertz CT molecular complexity index is 397. The molecule has 0 spiro atoms. The van der Waals surface area contributed by atoms with Crippen LogP contribution >= 0.6 is 0 Å². The Morgan fingerprint density at radius 2 is 1.87 bits per heavy atom.